The molecular formula is C22H18N4O2. The summed E-state index contributed by atoms with van der Waals surface area (Å²) in [6.07, 6.45) is 1.53. The van der Waals surface area contributed by atoms with Crippen molar-refractivity contribution in [1.82, 2.24) is 5.43 Å². The van der Waals surface area contributed by atoms with E-state index in [1.165, 1.54) is 6.21 Å². The summed E-state index contributed by atoms with van der Waals surface area (Å²) in [5.74, 6) is 0.302. The molecule has 0 aliphatic carbocycles. The molecule has 0 heterocycles. The van der Waals surface area contributed by atoms with Crippen LogP contribution in [0.25, 0.3) is 0 Å². The Morgan fingerprint density at radius 1 is 1.07 bits per heavy atom. The maximum atomic E-state index is 12.0. The van der Waals surface area contributed by atoms with E-state index in [2.05, 4.69) is 16.6 Å². The molecule has 3 aromatic rings. The van der Waals surface area contributed by atoms with Crippen LogP contribution in [0.1, 0.15) is 27.0 Å². The van der Waals surface area contributed by atoms with Crippen LogP contribution in [-0.4, -0.2) is 12.1 Å². The molecule has 0 saturated heterocycles. The van der Waals surface area contributed by atoms with Gasteiger partial charge in [0, 0.05) is 11.3 Å². The fourth-order valence-electron chi connectivity index (χ4n) is 2.50. The van der Waals surface area contributed by atoms with Crippen molar-refractivity contribution in [1.29, 1.82) is 5.26 Å². The normalized spacial score (nSPS) is 10.4. The van der Waals surface area contributed by atoms with Crippen molar-refractivity contribution in [2.24, 2.45) is 5.10 Å². The van der Waals surface area contributed by atoms with Gasteiger partial charge in [-0.2, -0.15) is 10.4 Å². The average molecular weight is 370 g/mol. The van der Waals surface area contributed by atoms with Crippen molar-refractivity contribution in [3.05, 3.63) is 95.1 Å². The molecule has 0 bridgehead atoms. The largest absolute Gasteiger partial charge is 0.489 e. The molecule has 1 amide bonds. The van der Waals surface area contributed by atoms with E-state index in [0.717, 1.165) is 11.1 Å². The molecule has 0 aromatic heterocycles. The number of nitrogen functional groups attached to an aromatic ring is 1. The van der Waals surface area contributed by atoms with Gasteiger partial charge in [0.25, 0.3) is 5.91 Å². The molecule has 0 unspecified atom stereocenters. The Morgan fingerprint density at radius 3 is 2.54 bits per heavy atom. The van der Waals surface area contributed by atoms with Gasteiger partial charge in [-0.25, -0.2) is 5.43 Å². The van der Waals surface area contributed by atoms with Crippen molar-refractivity contribution < 1.29 is 9.53 Å². The third-order valence-electron chi connectivity index (χ3n) is 4.00. The van der Waals surface area contributed by atoms with Crippen molar-refractivity contribution in [2.75, 3.05) is 5.73 Å². The molecular weight excluding hydrogens is 352 g/mol. The highest BCUT2D eigenvalue weighted by Crippen LogP contribution is 2.15. The minimum atomic E-state index is -0.370. The maximum Gasteiger partial charge on any atom is 0.273 e. The number of hydrogen-bond acceptors (Lipinski definition) is 5. The molecule has 3 rings (SSSR count). The van der Waals surface area contributed by atoms with Gasteiger partial charge in [0.2, 0.25) is 0 Å². The number of carbonyl (C=O) groups excluding carboxylic acids is 1. The van der Waals surface area contributed by atoms with Gasteiger partial charge in [-0.1, -0.05) is 30.3 Å². The number of hydrazone groups is 1. The first kappa shape index (κ1) is 18.7. The monoisotopic (exact) mass is 370 g/mol. The smallest absolute Gasteiger partial charge is 0.273 e. The minimum Gasteiger partial charge on any atom is -0.489 e. The SMILES string of the molecule is N#Cc1ccccc1COc1ccc(/C=N\NC(=O)c2ccccc2N)cc1. The number of para-hydroxylation sites is 1. The zero-order valence-corrected chi connectivity index (χ0v) is 15.0. The summed E-state index contributed by atoms with van der Waals surface area (Å²) in [5, 5.41) is 13.1. The lowest BCUT2D eigenvalue weighted by Crippen LogP contribution is -2.18. The predicted octanol–water partition coefficient (Wildman–Crippen LogP) is 3.48. The number of anilines is 1. The van der Waals surface area contributed by atoms with E-state index in [4.69, 9.17) is 15.7 Å². The standard InChI is InChI=1S/C22H18N4O2/c23-13-17-5-1-2-6-18(17)15-28-19-11-9-16(10-12-19)14-25-26-22(27)20-7-3-4-8-21(20)24/h1-12,14H,15,24H2,(H,26,27)/b25-14-. The van der Waals surface area contributed by atoms with E-state index in [0.29, 0.717) is 29.2 Å². The number of nitrogens with one attached hydrogen (secondary N) is 1. The van der Waals surface area contributed by atoms with Crippen molar-refractivity contribution >= 4 is 17.8 Å². The first-order valence-electron chi connectivity index (χ1n) is 8.56. The Bertz CT molecular complexity index is 1040. The molecule has 0 aliphatic rings. The topological polar surface area (TPSA) is 100 Å². The van der Waals surface area contributed by atoms with Gasteiger partial charge in [-0.15, -0.1) is 0 Å². The number of benzene rings is 3. The quantitative estimate of drug-likeness (QED) is 0.394. The number of hydrogen-bond donors (Lipinski definition) is 2. The third-order valence-corrected chi connectivity index (χ3v) is 4.00. The third kappa shape index (κ3) is 4.74. The van der Waals surface area contributed by atoms with Crippen molar-refractivity contribution in [3.8, 4) is 11.8 Å². The molecule has 0 aliphatic heterocycles. The Balaban J connectivity index is 1.56. The highest BCUT2D eigenvalue weighted by molar-refractivity contribution is 5.99. The summed E-state index contributed by atoms with van der Waals surface area (Å²) in [7, 11) is 0. The number of nitrogens with two attached hydrogens (primary N) is 1. The van der Waals surface area contributed by atoms with Gasteiger partial charge in [-0.05, 0) is 48.0 Å². The lowest BCUT2D eigenvalue weighted by molar-refractivity contribution is 0.0956. The summed E-state index contributed by atoms with van der Waals surface area (Å²) in [4.78, 5) is 12.0. The van der Waals surface area contributed by atoms with Crippen LogP contribution in [0.4, 0.5) is 5.69 Å². The summed E-state index contributed by atoms with van der Waals surface area (Å²) in [6.45, 7) is 0.311. The first-order chi connectivity index (χ1) is 13.7. The van der Waals surface area contributed by atoms with Crippen LogP contribution in [0.15, 0.2) is 77.9 Å². The predicted molar refractivity (Wildman–Crippen MR) is 108 cm³/mol. The number of ether oxygens (including phenoxy) is 1. The summed E-state index contributed by atoms with van der Waals surface area (Å²) >= 11 is 0. The number of rotatable bonds is 6. The van der Waals surface area contributed by atoms with E-state index >= 15 is 0 Å². The second-order valence-corrected chi connectivity index (χ2v) is 5.91. The van der Waals surface area contributed by atoms with Gasteiger partial charge >= 0.3 is 0 Å². The number of nitrogens with zero attached hydrogens (tertiary/aromatic N) is 2. The van der Waals surface area contributed by atoms with Gasteiger partial charge in [0.15, 0.2) is 0 Å². The first-order valence-corrected chi connectivity index (χ1v) is 8.56. The van der Waals surface area contributed by atoms with Crippen LogP contribution < -0.4 is 15.9 Å². The van der Waals surface area contributed by atoms with E-state index in [-0.39, 0.29) is 5.91 Å². The second kappa shape index (κ2) is 9.01. The average Bonchev–Trinajstić information content (AvgIpc) is 2.73. The molecule has 0 radical (unpaired) electrons. The Hall–Kier alpha value is -4.11. The molecule has 0 atom stereocenters. The van der Waals surface area contributed by atoms with Gasteiger partial charge in [-0.3, -0.25) is 4.79 Å². The zero-order valence-electron chi connectivity index (χ0n) is 15.0. The molecule has 138 valence electrons. The second-order valence-electron chi connectivity index (χ2n) is 5.91. The molecule has 6 nitrogen and oxygen atoms in total. The van der Waals surface area contributed by atoms with Crippen molar-refractivity contribution in [2.45, 2.75) is 6.61 Å². The molecule has 0 spiro atoms. The van der Waals surface area contributed by atoms with Crippen LogP contribution in [0, 0.1) is 11.3 Å². The van der Waals surface area contributed by atoms with Crippen LogP contribution >= 0.6 is 0 Å². The van der Waals surface area contributed by atoms with Gasteiger partial charge in [0.1, 0.15) is 12.4 Å². The minimum absolute atomic E-state index is 0.311. The maximum absolute atomic E-state index is 12.0. The van der Waals surface area contributed by atoms with Crippen LogP contribution in [-0.2, 0) is 6.61 Å². The van der Waals surface area contributed by atoms with Crippen LogP contribution in [0.5, 0.6) is 5.75 Å². The Kier molecular flexibility index (Phi) is 6.01. The van der Waals surface area contributed by atoms with Crippen LogP contribution in [0.2, 0.25) is 0 Å². The molecule has 6 heteroatoms. The highest BCUT2D eigenvalue weighted by Gasteiger charge is 2.07. The lowest BCUT2D eigenvalue weighted by Gasteiger charge is -2.07. The van der Waals surface area contributed by atoms with Gasteiger partial charge < -0.3 is 10.5 Å². The lowest BCUT2D eigenvalue weighted by atomic mass is 10.1. The number of nitriles is 1. The summed E-state index contributed by atoms with van der Waals surface area (Å²) < 4.78 is 5.72. The number of amides is 1. The molecule has 0 saturated carbocycles. The van der Waals surface area contributed by atoms with E-state index in [9.17, 15) is 4.79 Å². The molecule has 0 fully saturated rings. The number of carbonyl (C=O) groups is 1. The van der Waals surface area contributed by atoms with E-state index in [1.54, 1.807) is 42.5 Å². The fourth-order valence-corrected chi connectivity index (χ4v) is 2.50. The van der Waals surface area contributed by atoms with Gasteiger partial charge in [0.05, 0.1) is 23.4 Å². The Labute approximate surface area is 162 Å². The van der Waals surface area contributed by atoms with E-state index in [1.807, 2.05) is 30.3 Å². The van der Waals surface area contributed by atoms with E-state index < -0.39 is 0 Å². The highest BCUT2D eigenvalue weighted by atomic mass is 16.5. The van der Waals surface area contributed by atoms with Crippen molar-refractivity contribution in [3.63, 3.8) is 0 Å². The summed E-state index contributed by atoms with van der Waals surface area (Å²) in [5.41, 5.74) is 11.2. The molecule has 3 aromatic carbocycles. The fraction of sp³-hybridized carbons (Fsp3) is 0.0455. The molecule has 28 heavy (non-hydrogen) atoms. The zero-order chi connectivity index (χ0) is 19.8. The Morgan fingerprint density at radius 2 is 1.79 bits per heavy atom. The molecule has 3 N–H and O–H groups in total. The van der Waals surface area contributed by atoms with Crippen LogP contribution in [0.3, 0.4) is 0 Å². The summed E-state index contributed by atoms with van der Waals surface area (Å²) in [6, 6.07) is 23.5.